The van der Waals surface area contributed by atoms with Crippen LogP contribution in [0.1, 0.15) is 29.4 Å². The van der Waals surface area contributed by atoms with E-state index in [1.54, 1.807) is 0 Å². The zero-order chi connectivity index (χ0) is 20.4. The SMILES string of the molecule is CCOc1ccc2c(c1)CN(C(=O)Nc1ccccc1-n1nc(C)cc1C)CC2. The van der Waals surface area contributed by atoms with Gasteiger partial charge in [-0.2, -0.15) is 5.10 Å². The van der Waals surface area contributed by atoms with E-state index in [1.807, 2.05) is 72.8 Å². The van der Waals surface area contributed by atoms with Crippen molar-refractivity contribution in [1.29, 1.82) is 0 Å². The van der Waals surface area contributed by atoms with Gasteiger partial charge >= 0.3 is 6.03 Å². The molecule has 1 aliphatic heterocycles. The Balaban J connectivity index is 1.54. The van der Waals surface area contributed by atoms with Crippen LogP contribution in [0.4, 0.5) is 10.5 Å². The summed E-state index contributed by atoms with van der Waals surface area (Å²) in [7, 11) is 0. The lowest BCUT2D eigenvalue weighted by Crippen LogP contribution is -2.39. The summed E-state index contributed by atoms with van der Waals surface area (Å²) < 4.78 is 7.48. The molecule has 0 unspecified atom stereocenters. The first-order valence-corrected chi connectivity index (χ1v) is 9.98. The van der Waals surface area contributed by atoms with Gasteiger partial charge in [0.25, 0.3) is 0 Å². The van der Waals surface area contributed by atoms with E-state index < -0.39 is 0 Å². The second kappa shape index (κ2) is 7.99. The van der Waals surface area contributed by atoms with Crippen molar-refractivity contribution in [2.24, 2.45) is 0 Å². The molecule has 1 aromatic heterocycles. The predicted octanol–water partition coefficient (Wildman–Crippen LogP) is 4.48. The fourth-order valence-corrected chi connectivity index (χ4v) is 3.79. The van der Waals surface area contributed by atoms with Crippen molar-refractivity contribution >= 4 is 11.7 Å². The Morgan fingerprint density at radius 3 is 2.72 bits per heavy atom. The van der Waals surface area contributed by atoms with Crippen molar-refractivity contribution in [3.8, 4) is 11.4 Å². The lowest BCUT2D eigenvalue weighted by molar-refractivity contribution is 0.206. The van der Waals surface area contributed by atoms with Crippen LogP contribution in [0.3, 0.4) is 0 Å². The van der Waals surface area contributed by atoms with Gasteiger partial charge in [0.05, 0.1) is 23.7 Å². The normalized spacial score (nSPS) is 13.1. The number of hydrogen-bond acceptors (Lipinski definition) is 3. The topological polar surface area (TPSA) is 59.4 Å². The Kier molecular flexibility index (Phi) is 5.25. The molecule has 0 bridgehead atoms. The molecule has 150 valence electrons. The van der Waals surface area contributed by atoms with Crippen LogP contribution in [0.15, 0.2) is 48.5 Å². The number of rotatable bonds is 4. The van der Waals surface area contributed by atoms with Gasteiger partial charge in [-0.25, -0.2) is 9.48 Å². The van der Waals surface area contributed by atoms with Crippen LogP contribution >= 0.6 is 0 Å². The van der Waals surface area contributed by atoms with Crippen molar-refractivity contribution in [2.45, 2.75) is 33.7 Å². The second-order valence-corrected chi connectivity index (χ2v) is 7.32. The largest absolute Gasteiger partial charge is 0.494 e. The molecule has 29 heavy (non-hydrogen) atoms. The number of urea groups is 1. The first-order chi connectivity index (χ1) is 14.0. The molecule has 1 N–H and O–H groups in total. The summed E-state index contributed by atoms with van der Waals surface area (Å²) in [5, 5.41) is 7.64. The molecule has 6 nitrogen and oxygen atoms in total. The number of ether oxygens (including phenoxy) is 1. The predicted molar refractivity (Wildman–Crippen MR) is 114 cm³/mol. The van der Waals surface area contributed by atoms with E-state index in [4.69, 9.17) is 4.74 Å². The van der Waals surface area contributed by atoms with Gasteiger partial charge in [0, 0.05) is 18.8 Å². The van der Waals surface area contributed by atoms with Gasteiger partial charge in [-0.1, -0.05) is 18.2 Å². The van der Waals surface area contributed by atoms with Crippen molar-refractivity contribution in [2.75, 3.05) is 18.5 Å². The van der Waals surface area contributed by atoms with E-state index in [-0.39, 0.29) is 6.03 Å². The summed E-state index contributed by atoms with van der Waals surface area (Å²) in [6.07, 6.45) is 0.842. The van der Waals surface area contributed by atoms with E-state index in [9.17, 15) is 4.79 Å². The third-order valence-corrected chi connectivity index (χ3v) is 5.17. The summed E-state index contributed by atoms with van der Waals surface area (Å²) >= 11 is 0. The highest BCUT2D eigenvalue weighted by atomic mass is 16.5. The minimum absolute atomic E-state index is 0.105. The zero-order valence-electron chi connectivity index (χ0n) is 17.1. The maximum Gasteiger partial charge on any atom is 0.322 e. The highest BCUT2D eigenvalue weighted by Gasteiger charge is 2.22. The molecule has 2 aromatic carbocycles. The molecule has 0 fully saturated rings. The summed E-state index contributed by atoms with van der Waals surface area (Å²) in [4.78, 5) is 14.9. The lowest BCUT2D eigenvalue weighted by Gasteiger charge is -2.29. The van der Waals surface area contributed by atoms with Gasteiger partial charge in [0.1, 0.15) is 5.75 Å². The van der Waals surface area contributed by atoms with Crippen molar-refractivity contribution in [3.05, 3.63) is 71.0 Å². The fraction of sp³-hybridized carbons (Fsp3) is 0.304. The monoisotopic (exact) mass is 390 g/mol. The van der Waals surface area contributed by atoms with Crippen LogP contribution in [0.25, 0.3) is 5.69 Å². The standard InChI is InChI=1S/C23H26N4O2/c1-4-29-20-10-9-18-11-12-26(15-19(18)14-20)23(28)24-21-7-5-6-8-22(21)27-17(3)13-16(2)25-27/h5-10,13-14H,4,11-12,15H2,1-3H3,(H,24,28). The molecule has 0 atom stereocenters. The molecule has 3 aromatic rings. The fourth-order valence-electron chi connectivity index (χ4n) is 3.79. The summed E-state index contributed by atoms with van der Waals surface area (Å²) in [6.45, 7) is 7.84. The number of nitrogens with zero attached hydrogens (tertiary/aromatic N) is 3. The maximum atomic E-state index is 13.0. The molecular formula is C23H26N4O2. The molecule has 0 aliphatic carbocycles. The van der Waals surface area contributed by atoms with Crippen molar-refractivity contribution < 1.29 is 9.53 Å². The van der Waals surface area contributed by atoms with Crippen LogP contribution in [0, 0.1) is 13.8 Å². The Hall–Kier alpha value is -3.28. The number of anilines is 1. The molecule has 0 radical (unpaired) electrons. The molecule has 0 spiro atoms. The van der Waals surface area contributed by atoms with Gasteiger partial charge in [-0.3, -0.25) is 0 Å². The van der Waals surface area contributed by atoms with E-state index in [1.165, 1.54) is 5.56 Å². The third-order valence-electron chi connectivity index (χ3n) is 5.17. The first kappa shape index (κ1) is 19.1. The van der Waals surface area contributed by atoms with Gasteiger partial charge in [0.2, 0.25) is 0 Å². The van der Waals surface area contributed by atoms with Crippen LogP contribution in [0.5, 0.6) is 5.75 Å². The Morgan fingerprint density at radius 2 is 1.97 bits per heavy atom. The quantitative estimate of drug-likeness (QED) is 0.715. The molecule has 2 amide bonds. The van der Waals surface area contributed by atoms with Crippen LogP contribution in [-0.4, -0.2) is 33.9 Å². The summed E-state index contributed by atoms with van der Waals surface area (Å²) in [5.41, 5.74) is 6.01. The highest BCUT2D eigenvalue weighted by molar-refractivity contribution is 5.91. The number of nitrogens with one attached hydrogen (secondary N) is 1. The minimum Gasteiger partial charge on any atom is -0.494 e. The molecule has 1 aliphatic rings. The highest BCUT2D eigenvalue weighted by Crippen LogP contribution is 2.26. The summed E-state index contributed by atoms with van der Waals surface area (Å²) in [6, 6.07) is 15.8. The zero-order valence-corrected chi connectivity index (χ0v) is 17.1. The second-order valence-electron chi connectivity index (χ2n) is 7.32. The Labute approximate surface area is 171 Å². The third kappa shape index (κ3) is 3.97. The van der Waals surface area contributed by atoms with E-state index >= 15 is 0 Å². The number of aromatic nitrogens is 2. The number of benzene rings is 2. The number of para-hydroxylation sites is 2. The van der Waals surface area contributed by atoms with E-state index in [0.29, 0.717) is 19.7 Å². The smallest absolute Gasteiger partial charge is 0.322 e. The number of amides is 2. The van der Waals surface area contributed by atoms with Crippen LogP contribution < -0.4 is 10.1 Å². The van der Waals surface area contributed by atoms with Gasteiger partial charge in [0.15, 0.2) is 0 Å². The number of fused-ring (bicyclic) bond motifs is 1. The number of carbonyl (C=O) groups is 1. The van der Waals surface area contributed by atoms with E-state index in [2.05, 4.69) is 16.5 Å². The number of carbonyl (C=O) groups excluding carboxylic acids is 1. The van der Waals surface area contributed by atoms with Crippen LogP contribution in [0.2, 0.25) is 0 Å². The molecule has 2 heterocycles. The average Bonchev–Trinajstić information content (AvgIpc) is 3.06. The van der Waals surface area contributed by atoms with Gasteiger partial charge in [-0.05, 0) is 68.7 Å². The average molecular weight is 390 g/mol. The van der Waals surface area contributed by atoms with Gasteiger partial charge in [-0.15, -0.1) is 0 Å². The first-order valence-electron chi connectivity index (χ1n) is 9.98. The van der Waals surface area contributed by atoms with Crippen molar-refractivity contribution in [1.82, 2.24) is 14.7 Å². The molecule has 6 heteroatoms. The van der Waals surface area contributed by atoms with Gasteiger partial charge < -0.3 is 15.0 Å². The Morgan fingerprint density at radius 1 is 1.14 bits per heavy atom. The molecule has 0 saturated heterocycles. The maximum absolute atomic E-state index is 13.0. The number of aryl methyl sites for hydroxylation is 2. The van der Waals surface area contributed by atoms with Crippen molar-refractivity contribution in [3.63, 3.8) is 0 Å². The minimum atomic E-state index is -0.105. The molecular weight excluding hydrogens is 364 g/mol. The number of hydrogen-bond donors (Lipinski definition) is 1. The van der Waals surface area contributed by atoms with E-state index in [0.717, 1.165) is 40.5 Å². The lowest BCUT2D eigenvalue weighted by atomic mass is 10.00. The Bertz CT molecular complexity index is 1040. The molecule has 0 saturated carbocycles. The van der Waals surface area contributed by atoms with Crippen LogP contribution in [-0.2, 0) is 13.0 Å². The molecule has 4 rings (SSSR count). The summed E-state index contributed by atoms with van der Waals surface area (Å²) in [5.74, 6) is 0.850.